The number of carbonyl (C=O) groups is 2. The van der Waals surface area contributed by atoms with Gasteiger partial charge in [-0.1, -0.05) is 49.3 Å². The van der Waals surface area contributed by atoms with Crippen LogP contribution in [0.4, 0.5) is 5.69 Å². The molecule has 4 rings (SSSR count). The number of benzene rings is 2. The van der Waals surface area contributed by atoms with Crippen molar-refractivity contribution in [1.82, 2.24) is 20.1 Å². The Hall–Kier alpha value is -3.24. The Morgan fingerprint density at radius 3 is 2.66 bits per heavy atom. The molecule has 184 valence electrons. The van der Waals surface area contributed by atoms with Crippen LogP contribution in [0.15, 0.2) is 47.6 Å². The molecule has 2 heterocycles. The van der Waals surface area contributed by atoms with Crippen LogP contribution in [0.5, 0.6) is 11.5 Å². The van der Waals surface area contributed by atoms with E-state index in [2.05, 4.69) is 20.8 Å². The molecular weight excluding hydrogens is 490 g/mol. The number of amides is 2. The number of halogens is 1. The molecule has 0 saturated heterocycles. The Labute approximate surface area is 212 Å². The number of aromatic nitrogens is 3. The minimum absolute atomic E-state index is 0.0452. The number of para-hydroxylation sites is 1. The highest BCUT2D eigenvalue weighted by atomic mass is 35.5. The Morgan fingerprint density at radius 2 is 1.91 bits per heavy atom. The Bertz CT molecular complexity index is 1230. The van der Waals surface area contributed by atoms with E-state index in [1.165, 1.54) is 11.8 Å². The number of ether oxygens (including phenoxy) is 2. The van der Waals surface area contributed by atoms with Gasteiger partial charge in [-0.2, -0.15) is 0 Å². The Kier molecular flexibility index (Phi) is 7.82. The van der Waals surface area contributed by atoms with E-state index in [4.69, 9.17) is 21.1 Å². The molecule has 1 aliphatic heterocycles. The van der Waals surface area contributed by atoms with Crippen LogP contribution in [-0.4, -0.2) is 39.1 Å². The van der Waals surface area contributed by atoms with Crippen molar-refractivity contribution in [2.45, 2.75) is 38.5 Å². The summed E-state index contributed by atoms with van der Waals surface area (Å²) in [6, 6.07) is 11.8. The summed E-state index contributed by atoms with van der Waals surface area (Å²) in [5, 5.41) is 15.6. The van der Waals surface area contributed by atoms with Crippen molar-refractivity contribution in [3.63, 3.8) is 0 Å². The smallest absolute Gasteiger partial charge is 0.252 e. The van der Waals surface area contributed by atoms with E-state index in [0.717, 1.165) is 0 Å². The molecule has 0 saturated carbocycles. The van der Waals surface area contributed by atoms with Crippen molar-refractivity contribution in [2.75, 3.05) is 17.9 Å². The van der Waals surface area contributed by atoms with E-state index in [-0.39, 0.29) is 36.3 Å². The van der Waals surface area contributed by atoms with E-state index >= 15 is 0 Å². The summed E-state index contributed by atoms with van der Waals surface area (Å²) in [5.41, 5.74) is 1.02. The molecule has 35 heavy (non-hydrogen) atoms. The molecule has 2 amide bonds. The zero-order chi connectivity index (χ0) is 24.9. The summed E-state index contributed by atoms with van der Waals surface area (Å²) in [6.07, 6.45) is 0. The zero-order valence-corrected chi connectivity index (χ0v) is 21.2. The predicted octanol–water partition coefficient (Wildman–Crippen LogP) is 4.54. The van der Waals surface area contributed by atoms with Crippen molar-refractivity contribution >= 4 is 40.9 Å². The van der Waals surface area contributed by atoms with Gasteiger partial charge < -0.3 is 24.7 Å². The standard InChI is InChI=1S/C24H26ClN5O4S/c1-4-30-22(28-29-24(30)35-12-20(31)26-17-8-6-5-7-16(17)25)21(14(2)3)27-23(32)15-9-10-18-19(11-15)34-13-33-18/h5-11,14,21H,4,12-13H2,1-3H3,(H,26,31)(H,27,32). The Morgan fingerprint density at radius 1 is 1.14 bits per heavy atom. The van der Waals surface area contributed by atoms with Crippen LogP contribution in [-0.2, 0) is 11.3 Å². The molecule has 1 atom stereocenters. The first-order chi connectivity index (χ1) is 16.9. The second-order valence-electron chi connectivity index (χ2n) is 8.16. The van der Waals surface area contributed by atoms with E-state index in [1.807, 2.05) is 25.3 Å². The van der Waals surface area contributed by atoms with Gasteiger partial charge in [-0.15, -0.1) is 10.2 Å². The molecule has 0 spiro atoms. The highest BCUT2D eigenvalue weighted by Gasteiger charge is 2.27. The third kappa shape index (κ3) is 5.71. The number of hydrogen-bond donors (Lipinski definition) is 2. The number of thioether (sulfide) groups is 1. The van der Waals surface area contributed by atoms with Crippen molar-refractivity contribution in [3.8, 4) is 11.5 Å². The maximum absolute atomic E-state index is 13.0. The average Bonchev–Trinajstić information content (AvgIpc) is 3.48. The van der Waals surface area contributed by atoms with Gasteiger partial charge >= 0.3 is 0 Å². The molecule has 0 aliphatic carbocycles. The number of carbonyl (C=O) groups excluding carboxylic acids is 2. The lowest BCUT2D eigenvalue weighted by Gasteiger charge is -2.22. The molecule has 1 unspecified atom stereocenters. The molecule has 0 fully saturated rings. The van der Waals surface area contributed by atoms with Gasteiger partial charge in [0.2, 0.25) is 12.7 Å². The van der Waals surface area contributed by atoms with Gasteiger partial charge in [0.05, 0.1) is 22.5 Å². The fraction of sp³-hybridized carbons (Fsp3) is 0.333. The fourth-order valence-corrected chi connectivity index (χ4v) is 4.60. The molecule has 2 aromatic carbocycles. The van der Waals surface area contributed by atoms with Crippen molar-refractivity contribution in [3.05, 3.63) is 58.9 Å². The summed E-state index contributed by atoms with van der Waals surface area (Å²) in [4.78, 5) is 25.5. The lowest BCUT2D eigenvalue weighted by Crippen LogP contribution is -2.33. The fourth-order valence-electron chi connectivity index (χ4n) is 3.60. The van der Waals surface area contributed by atoms with Gasteiger partial charge in [0.25, 0.3) is 5.91 Å². The first-order valence-electron chi connectivity index (χ1n) is 11.2. The maximum atomic E-state index is 13.0. The predicted molar refractivity (Wildman–Crippen MR) is 134 cm³/mol. The number of nitrogens with one attached hydrogen (secondary N) is 2. The van der Waals surface area contributed by atoms with Crippen LogP contribution in [0.1, 0.15) is 43.0 Å². The molecule has 1 aromatic heterocycles. The van der Waals surface area contributed by atoms with Gasteiger partial charge in [0.1, 0.15) is 0 Å². The number of anilines is 1. The molecule has 11 heteroatoms. The topological polar surface area (TPSA) is 107 Å². The molecule has 9 nitrogen and oxygen atoms in total. The minimum Gasteiger partial charge on any atom is -0.454 e. The van der Waals surface area contributed by atoms with Crippen molar-refractivity contribution in [2.24, 2.45) is 5.92 Å². The normalized spacial score (nSPS) is 13.1. The third-order valence-corrected chi connectivity index (χ3v) is 6.70. The maximum Gasteiger partial charge on any atom is 0.252 e. The van der Waals surface area contributed by atoms with Crippen molar-refractivity contribution in [1.29, 1.82) is 0 Å². The highest BCUT2D eigenvalue weighted by Crippen LogP contribution is 2.33. The van der Waals surface area contributed by atoms with Crippen LogP contribution in [0.25, 0.3) is 0 Å². The summed E-state index contributed by atoms with van der Waals surface area (Å²) in [7, 11) is 0. The van der Waals surface area contributed by atoms with E-state index in [1.54, 1.807) is 42.5 Å². The molecule has 0 bridgehead atoms. The van der Waals surface area contributed by atoms with Crippen molar-refractivity contribution < 1.29 is 19.1 Å². The van der Waals surface area contributed by atoms with E-state index in [9.17, 15) is 9.59 Å². The van der Waals surface area contributed by atoms with Crippen LogP contribution < -0.4 is 20.1 Å². The summed E-state index contributed by atoms with van der Waals surface area (Å²) < 4.78 is 12.6. The largest absolute Gasteiger partial charge is 0.454 e. The number of rotatable bonds is 9. The van der Waals surface area contributed by atoms with E-state index in [0.29, 0.717) is 45.3 Å². The first-order valence-corrected chi connectivity index (χ1v) is 12.5. The van der Waals surface area contributed by atoms with Crippen LogP contribution >= 0.6 is 23.4 Å². The molecule has 1 aliphatic rings. The average molecular weight is 516 g/mol. The highest BCUT2D eigenvalue weighted by molar-refractivity contribution is 7.99. The summed E-state index contributed by atoms with van der Waals surface area (Å²) in [5.74, 6) is 1.53. The molecule has 0 radical (unpaired) electrons. The quantitative estimate of drug-likeness (QED) is 0.403. The van der Waals surface area contributed by atoms with E-state index < -0.39 is 0 Å². The lowest BCUT2D eigenvalue weighted by molar-refractivity contribution is -0.113. The third-order valence-electron chi connectivity index (χ3n) is 5.41. The zero-order valence-electron chi connectivity index (χ0n) is 19.6. The van der Waals surface area contributed by atoms with Crippen LogP contribution in [0, 0.1) is 5.92 Å². The molecule has 3 aromatic rings. The van der Waals surface area contributed by atoms with Gasteiger partial charge in [-0.3, -0.25) is 9.59 Å². The summed E-state index contributed by atoms with van der Waals surface area (Å²) >= 11 is 7.39. The minimum atomic E-state index is -0.383. The number of hydrogen-bond acceptors (Lipinski definition) is 7. The van der Waals surface area contributed by atoms with Gasteiger partial charge in [-0.05, 0) is 43.2 Å². The monoisotopic (exact) mass is 515 g/mol. The summed E-state index contributed by atoms with van der Waals surface area (Å²) in [6.45, 7) is 6.70. The van der Waals surface area contributed by atoms with Gasteiger partial charge in [0, 0.05) is 12.1 Å². The number of nitrogens with zero attached hydrogens (tertiary/aromatic N) is 3. The molecule has 2 N–H and O–H groups in total. The second kappa shape index (κ2) is 11.0. The second-order valence-corrected chi connectivity index (χ2v) is 9.51. The van der Waals surface area contributed by atoms with Crippen LogP contribution in [0.3, 0.4) is 0 Å². The SMILES string of the molecule is CCn1c(SCC(=O)Nc2ccccc2Cl)nnc1C(NC(=O)c1ccc2c(c1)OCO2)C(C)C. The first kappa shape index (κ1) is 24.9. The van der Waals surface area contributed by atoms with Crippen LogP contribution in [0.2, 0.25) is 5.02 Å². The Balaban J connectivity index is 1.45. The lowest BCUT2D eigenvalue weighted by atomic mass is 10.0. The van der Waals surface area contributed by atoms with Gasteiger partial charge in [-0.25, -0.2) is 0 Å². The van der Waals surface area contributed by atoms with Gasteiger partial charge in [0.15, 0.2) is 22.5 Å². The molecular formula is C24H26ClN5O4S. The number of fused-ring (bicyclic) bond motifs is 1.